The molecule has 45 heavy (non-hydrogen) atoms. The predicted octanol–water partition coefficient (Wildman–Crippen LogP) is 12.1. The smallest absolute Gasteiger partial charge is 0.180 e. The van der Waals surface area contributed by atoms with E-state index in [1.807, 2.05) is 80.5 Å². The molecule has 4 nitrogen and oxygen atoms in total. The molecule has 0 saturated heterocycles. The maximum absolute atomic E-state index is 13.3. The minimum atomic E-state index is -0.345. The molecule has 0 aromatic heterocycles. The van der Waals surface area contributed by atoms with Crippen molar-refractivity contribution in [3.63, 3.8) is 0 Å². The average Bonchev–Trinajstić information content (AvgIpc) is 3.48. The van der Waals surface area contributed by atoms with Crippen molar-refractivity contribution in [2.24, 2.45) is 34.5 Å². The first kappa shape index (κ1) is 49.5. The lowest BCUT2D eigenvalue weighted by atomic mass is 9.79. The summed E-state index contributed by atoms with van der Waals surface area (Å²) in [5, 5.41) is 3.27. The van der Waals surface area contributed by atoms with Gasteiger partial charge in [0.2, 0.25) is 0 Å². The summed E-state index contributed by atoms with van der Waals surface area (Å²) in [6, 6.07) is -0.337. The van der Waals surface area contributed by atoms with Crippen molar-refractivity contribution < 1.29 is 14.3 Å². The molecule has 1 saturated carbocycles. The van der Waals surface area contributed by atoms with Gasteiger partial charge in [-0.1, -0.05) is 120 Å². The summed E-state index contributed by atoms with van der Waals surface area (Å²) in [7, 11) is 0. The third kappa shape index (κ3) is 21.9. The van der Waals surface area contributed by atoms with E-state index in [-0.39, 0.29) is 34.5 Å². The van der Waals surface area contributed by atoms with E-state index < -0.39 is 0 Å². The Morgan fingerprint density at radius 2 is 1.36 bits per heavy atom. The molecule has 4 heteroatoms. The van der Waals surface area contributed by atoms with Crippen LogP contribution in [0.25, 0.3) is 0 Å². The van der Waals surface area contributed by atoms with Gasteiger partial charge in [-0.25, -0.2) is 0 Å². The summed E-state index contributed by atoms with van der Waals surface area (Å²) in [5.74, 6) is 2.52. The monoisotopic (exact) mass is 632 g/mol. The molecule has 4 unspecified atom stereocenters. The standard InChI is InChI=1S/C24H43NO2.C7H12O.2C4H8.C2H6/c1-13-18-20(24(18,11)12)17(15(2)3)14-19(26)21(22(5,6)7)25-16(4)27-23(8,9)10;1-5(2)6(3)7(4)8;2*1-3-4-2;1-2/h17-18,20-21,25H,2,4,13-14H2,1,3,5-12H3;5H,3H2,1-2,4H3;3-4H,1-2H3;3H,1,4H2,2H3;1-2H3/b;;4-3+;;. The van der Waals surface area contributed by atoms with Gasteiger partial charge < -0.3 is 10.1 Å². The molecular formula is C41H77NO3. The number of carbonyl (C=O) groups is 2. The van der Waals surface area contributed by atoms with Crippen LogP contribution in [0.2, 0.25) is 0 Å². The van der Waals surface area contributed by atoms with E-state index in [0.717, 1.165) is 18.4 Å². The van der Waals surface area contributed by atoms with Gasteiger partial charge in [0.15, 0.2) is 17.4 Å². The van der Waals surface area contributed by atoms with Crippen molar-refractivity contribution in [1.82, 2.24) is 5.32 Å². The Hall–Kier alpha value is -2.36. The minimum absolute atomic E-state index is 0.0972. The van der Waals surface area contributed by atoms with Crippen LogP contribution in [0.5, 0.6) is 0 Å². The molecule has 0 aliphatic heterocycles. The van der Waals surface area contributed by atoms with E-state index in [9.17, 15) is 9.59 Å². The second-order valence-electron chi connectivity index (χ2n) is 14.7. The third-order valence-electron chi connectivity index (χ3n) is 7.76. The molecule has 4 atom stereocenters. The van der Waals surface area contributed by atoms with Gasteiger partial charge in [-0.2, -0.15) is 0 Å². The summed E-state index contributed by atoms with van der Waals surface area (Å²) < 4.78 is 5.82. The van der Waals surface area contributed by atoms with Crippen LogP contribution in [0, 0.1) is 34.5 Å². The van der Waals surface area contributed by atoms with Crippen LogP contribution in [0.15, 0.2) is 61.6 Å². The van der Waals surface area contributed by atoms with Crippen LogP contribution in [-0.2, 0) is 14.3 Å². The molecule has 264 valence electrons. The summed E-state index contributed by atoms with van der Waals surface area (Å²) in [6.07, 6.45) is 8.64. The molecule has 0 amide bonds. The Bertz CT molecular complexity index is 917. The van der Waals surface area contributed by atoms with Gasteiger partial charge in [0.25, 0.3) is 0 Å². The van der Waals surface area contributed by atoms with Gasteiger partial charge in [-0.3, -0.25) is 9.59 Å². The van der Waals surface area contributed by atoms with E-state index in [0.29, 0.717) is 41.0 Å². The largest absolute Gasteiger partial charge is 0.474 e. The van der Waals surface area contributed by atoms with E-state index in [2.05, 4.69) is 87.0 Å². The van der Waals surface area contributed by atoms with Crippen molar-refractivity contribution >= 4 is 11.6 Å². The first-order valence-corrected chi connectivity index (χ1v) is 17.1. The highest BCUT2D eigenvalue weighted by molar-refractivity contribution is 5.92. The number of hydrogen-bond acceptors (Lipinski definition) is 4. The van der Waals surface area contributed by atoms with Crippen molar-refractivity contribution in [3.8, 4) is 0 Å². The number of hydrogen-bond donors (Lipinski definition) is 1. The number of ketones is 2. The van der Waals surface area contributed by atoms with Crippen molar-refractivity contribution in [2.75, 3.05) is 0 Å². The normalized spacial score (nSPS) is 17.6. The lowest BCUT2D eigenvalue weighted by Gasteiger charge is -2.34. The summed E-state index contributed by atoms with van der Waals surface area (Å²) in [5.41, 5.74) is 1.55. The third-order valence-corrected chi connectivity index (χ3v) is 7.76. The Labute approximate surface area is 282 Å². The zero-order valence-corrected chi connectivity index (χ0v) is 33.3. The predicted molar refractivity (Wildman–Crippen MR) is 202 cm³/mol. The van der Waals surface area contributed by atoms with Gasteiger partial charge >= 0.3 is 0 Å². The maximum Gasteiger partial charge on any atom is 0.180 e. The average molecular weight is 632 g/mol. The molecule has 0 aromatic carbocycles. The molecule has 0 heterocycles. The highest BCUT2D eigenvalue weighted by Crippen LogP contribution is 2.65. The van der Waals surface area contributed by atoms with E-state index in [1.165, 1.54) is 0 Å². The second kappa shape index (κ2) is 23.9. The molecule has 0 radical (unpaired) electrons. The van der Waals surface area contributed by atoms with Gasteiger partial charge in [0, 0.05) is 6.42 Å². The number of nitrogens with one attached hydrogen (secondary N) is 1. The Morgan fingerprint density at radius 1 is 0.933 bits per heavy atom. The van der Waals surface area contributed by atoms with Crippen LogP contribution in [0.1, 0.15) is 144 Å². The lowest BCUT2D eigenvalue weighted by Crippen LogP contribution is -2.47. The van der Waals surface area contributed by atoms with Crippen LogP contribution >= 0.6 is 0 Å². The fraction of sp³-hybridized carbons (Fsp3) is 0.707. The zero-order chi connectivity index (χ0) is 36.9. The molecule has 1 fully saturated rings. The molecule has 1 aliphatic rings. The molecule has 1 rings (SSSR count). The number of allylic oxidation sites excluding steroid dienone is 5. The Balaban J connectivity index is -0.000000381. The summed E-state index contributed by atoms with van der Waals surface area (Å²) >= 11 is 0. The Kier molecular flexibility index (Phi) is 26.3. The highest BCUT2D eigenvalue weighted by atomic mass is 16.5. The number of ether oxygens (including phenoxy) is 1. The molecule has 0 bridgehead atoms. The number of rotatable bonds is 12. The molecular weight excluding hydrogens is 554 g/mol. The van der Waals surface area contributed by atoms with Gasteiger partial charge in [-0.15, -0.1) is 6.58 Å². The molecule has 1 aliphatic carbocycles. The van der Waals surface area contributed by atoms with Crippen LogP contribution in [0.4, 0.5) is 0 Å². The zero-order valence-electron chi connectivity index (χ0n) is 33.3. The van der Waals surface area contributed by atoms with Crippen LogP contribution in [-0.4, -0.2) is 23.2 Å². The van der Waals surface area contributed by atoms with Crippen molar-refractivity contribution in [3.05, 3.63) is 61.6 Å². The number of Topliss-reactive ketones (excluding diaryl/α,β-unsaturated/α-hetero) is 2. The number of carbonyl (C=O) groups excluding carboxylic acids is 2. The SMILES string of the molecule is C/C=C/C.C=C(C(C)=O)C(C)C.C=C(NC(C(=O)CC(C(=C)C)C1C(CC)C1(C)C)C(C)(C)C)OC(C)(C)C.C=CCC.CC. The van der Waals surface area contributed by atoms with Gasteiger partial charge in [0.1, 0.15) is 5.60 Å². The second-order valence-corrected chi connectivity index (χ2v) is 14.7. The molecule has 0 aromatic rings. The topological polar surface area (TPSA) is 55.4 Å². The van der Waals surface area contributed by atoms with E-state index in [1.54, 1.807) is 6.92 Å². The maximum atomic E-state index is 13.3. The van der Waals surface area contributed by atoms with E-state index in [4.69, 9.17) is 4.74 Å². The summed E-state index contributed by atoms with van der Waals surface area (Å²) in [4.78, 5) is 23.8. The first-order chi connectivity index (χ1) is 20.4. The van der Waals surface area contributed by atoms with E-state index >= 15 is 0 Å². The fourth-order valence-electron chi connectivity index (χ4n) is 5.05. The first-order valence-electron chi connectivity index (χ1n) is 17.1. The highest BCUT2D eigenvalue weighted by Gasteiger charge is 2.59. The van der Waals surface area contributed by atoms with Crippen LogP contribution < -0.4 is 5.32 Å². The van der Waals surface area contributed by atoms with Gasteiger partial charge in [-0.05, 0) is 102 Å². The van der Waals surface area contributed by atoms with Gasteiger partial charge in [0.05, 0.1) is 6.04 Å². The Morgan fingerprint density at radius 3 is 1.56 bits per heavy atom. The molecule has 0 spiro atoms. The quantitative estimate of drug-likeness (QED) is 0.132. The van der Waals surface area contributed by atoms with Crippen LogP contribution in [0.3, 0.4) is 0 Å². The van der Waals surface area contributed by atoms with Crippen molar-refractivity contribution in [1.29, 1.82) is 0 Å². The van der Waals surface area contributed by atoms with Crippen molar-refractivity contribution in [2.45, 2.75) is 156 Å². The summed E-state index contributed by atoms with van der Waals surface area (Å²) in [6.45, 7) is 52.0. The molecule has 1 N–H and O–H groups in total. The fourth-order valence-corrected chi connectivity index (χ4v) is 5.05. The lowest BCUT2D eigenvalue weighted by molar-refractivity contribution is -0.124. The minimum Gasteiger partial charge on any atom is -0.474 e.